The maximum absolute atomic E-state index is 4.34. The van der Waals surface area contributed by atoms with E-state index in [-0.39, 0.29) is 0 Å². The van der Waals surface area contributed by atoms with Gasteiger partial charge in [0.2, 0.25) is 0 Å². The zero-order chi connectivity index (χ0) is 14.7. The molecule has 0 aliphatic carbocycles. The van der Waals surface area contributed by atoms with E-state index >= 15 is 0 Å². The largest absolute Gasteiger partial charge is 0.378 e. The van der Waals surface area contributed by atoms with Gasteiger partial charge in [-0.25, -0.2) is 9.97 Å². The molecule has 0 amide bonds. The summed E-state index contributed by atoms with van der Waals surface area (Å²) in [6.07, 6.45) is 1.60. The molecule has 2 aromatic carbocycles. The van der Waals surface area contributed by atoms with Crippen LogP contribution < -0.4 is 10.2 Å². The highest BCUT2D eigenvalue weighted by atomic mass is 15.1. The number of rotatable bonds is 4. The maximum Gasteiger partial charge on any atom is 0.137 e. The van der Waals surface area contributed by atoms with Crippen LogP contribution in [0.1, 0.15) is 5.56 Å². The van der Waals surface area contributed by atoms with Crippen molar-refractivity contribution in [2.45, 2.75) is 6.54 Å². The number of para-hydroxylation sites is 1. The SMILES string of the molecule is CN(C)c1ccc(CNc2ncnc3ccccc23)cc1. The molecule has 0 aliphatic rings. The van der Waals surface area contributed by atoms with Gasteiger partial charge >= 0.3 is 0 Å². The minimum atomic E-state index is 0.745. The molecule has 3 aromatic rings. The van der Waals surface area contributed by atoms with Crippen molar-refractivity contribution in [2.24, 2.45) is 0 Å². The van der Waals surface area contributed by atoms with Gasteiger partial charge in [0.25, 0.3) is 0 Å². The van der Waals surface area contributed by atoms with Gasteiger partial charge in [-0.1, -0.05) is 24.3 Å². The van der Waals surface area contributed by atoms with Crippen LogP contribution in [-0.4, -0.2) is 24.1 Å². The molecular formula is C17H18N4. The average Bonchev–Trinajstić information content (AvgIpc) is 2.53. The highest BCUT2D eigenvalue weighted by Gasteiger charge is 2.02. The van der Waals surface area contributed by atoms with Crippen LogP contribution in [0.5, 0.6) is 0 Å². The van der Waals surface area contributed by atoms with Crippen LogP contribution in [0.3, 0.4) is 0 Å². The van der Waals surface area contributed by atoms with E-state index < -0.39 is 0 Å². The van der Waals surface area contributed by atoms with Gasteiger partial charge in [0.1, 0.15) is 12.1 Å². The molecule has 0 aliphatic heterocycles. The first-order valence-electron chi connectivity index (χ1n) is 6.94. The molecule has 1 aromatic heterocycles. The van der Waals surface area contributed by atoms with Crippen molar-refractivity contribution in [3.05, 3.63) is 60.4 Å². The van der Waals surface area contributed by atoms with Crippen molar-refractivity contribution in [1.29, 1.82) is 0 Å². The lowest BCUT2D eigenvalue weighted by molar-refractivity contribution is 1.09. The highest BCUT2D eigenvalue weighted by Crippen LogP contribution is 2.19. The van der Waals surface area contributed by atoms with E-state index in [9.17, 15) is 0 Å². The van der Waals surface area contributed by atoms with E-state index in [4.69, 9.17) is 0 Å². The van der Waals surface area contributed by atoms with Crippen LogP contribution in [0.25, 0.3) is 10.9 Å². The third kappa shape index (κ3) is 2.94. The summed E-state index contributed by atoms with van der Waals surface area (Å²) in [5.41, 5.74) is 3.38. The molecule has 4 nitrogen and oxygen atoms in total. The lowest BCUT2D eigenvalue weighted by atomic mass is 10.2. The fourth-order valence-corrected chi connectivity index (χ4v) is 2.24. The van der Waals surface area contributed by atoms with Crippen molar-refractivity contribution in [3.8, 4) is 0 Å². The summed E-state index contributed by atoms with van der Waals surface area (Å²) in [7, 11) is 4.08. The Bertz CT molecular complexity index is 730. The number of aromatic nitrogens is 2. The van der Waals surface area contributed by atoms with Gasteiger partial charge < -0.3 is 10.2 Å². The molecule has 0 bridgehead atoms. The second kappa shape index (κ2) is 5.79. The van der Waals surface area contributed by atoms with Crippen LogP contribution in [-0.2, 0) is 6.54 Å². The predicted octanol–water partition coefficient (Wildman–Crippen LogP) is 3.31. The van der Waals surface area contributed by atoms with E-state index in [0.29, 0.717) is 0 Å². The van der Waals surface area contributed by atoms with E-state index in [1.54, 1.807) is 6.33 Å². The number of benzene rings is 2. The Balaban J connectivity index is 1.77. The Hall–Kier alpha value is -2.62. The third-order valence-corrected chi connectivity index (χ3v) is 3.46. The van der Waals surface area contributed by atoms with Crippen LogP contribution >= 0.6 is 0 Å². The molecule has 21 heavy (non-hydrogen) atoms. The Morgan fingerprint density at radius 1 is 0.952 bits per heavy atom. The Labute approximate surface area is 124 Å². The number of nitrogens with one attached hydrogen (secondary N) is 1. The van der Waals surface area contributed by atoms with Crippen molar-refractivity contribution >= 4 is 22.4 Å². The van der Waals surface area contributed by atoms with E-state index in [1.807, 2.05) is 38.4 Å². The predicted molar refractivity (Wildman–Crippen MR) is 87.6 cm³/mol. The third-order valence-electron chi connectivity index (χ3n) is 3.46. The summed E-state index contributed by atoms with van der Waals surface area (Å²) in [4.78, 5) is 10.7. The smallest absolute Gasteiger partial charge is 0.137 e. The second-order valence-electron chi connectivity index (χ2n) is 5.15. The first-order valence-corrected chi connectivity index (χ1v) is 6.94. The van der Waals surface area contributed by atoms with Gasteiger partial charge in [-0.3, -0.25) is 0 Å². The molecule has 0 spiro atoms. The highest BCUT2D eigenvalue weighted by molar-refractivity contribution is 5.88. The van der Waals surface area contributed by atoms with Crippen molar-refractivity contribution < 1.29 is 0 Å². The second-order valence-corrected chi connectivity index (χ2v) is 5.15. The van der Waals surface area contributed by atoms with E-state index in [2.05, 4.69) is 44.5 Å². The Morgan fingerprint density at radius 3 is 2.48 bits per heavy atom. The topological polar surface area (TPSA) is 41.0 Å². The number of hydrogen-bond donors (Lipinski definition) is 1. The number of anilines is 2. The quantitative estimate of drug-likeness (QED) is 0.795. The van der Waals surface area contributed by atoms with Crippen molar-refractivity contribution in [1.82, 2.24) is 9.97 Å². The van der Waals surface area contributed by atoms with E-state index in [1.165, 1.54) is 11.3 Å². The molecule has 1 N–H and O–H groups in total. The summed E-state index contributed by atoms with van der Waals surface area (Å²) in [5.74, 6) is 0.872. The van der Waals surface area contributed by atoms with Crippen LogP contribution in [0.2, 0.25) is 0 Å². The summed E-state index contributed by atoms with van der Waals surface area (Å²) in [5, 5.41) is 4.43. The van der Waals surface area contributed by atoms with Gasteiger partial charge in [-0.15, -0.1) is 0 Å². The standard InChI is InChI=1S/C17H18N4/c1-21(2)14-9-7-13(8-10-14)11-18-17-15-5-3-4-6-16(15)19-12-20-17/h3-10,12H,11H2,1-2H3,(H,18,19,20). The minimum Gasteiger partial charge on any atom is -0.378 e. The molecule has 0 saturated carbocycles. The molecule has 3 rings (SSSR count). The Kier molecular flexibility index (Phi) is 3.69. The van der Waals surface area contributed by atoms with Gasteiger partial charge in [0.15, 0.2) is 0 Å². The van der Waals surface area contributed by atoms with Crippen molar-refractivity contribution in [3.63, 3.8) is 0 Å². The minimum absolute atomic E-state index is 0.745. The molecular weight excluding hydrogens is 260 g/mol. The fourth-order valence-electron chi connectivity index (χ4n) is 2.24. The van der Waals surface area contributed by atoms with Gasteiger partial charge in [0, 0.05) is 31.7 Å². The fraction of sp³-hybridized carbons (Fsp3) is 0.176. The van der Waals surface area contributed by atoms with Crippen molar-refractivity contribution in [2.75, 3.05) is 24.3 Å². The van der Waals surface area contributed by atoms with Crippen LogP contribution in [0.4, 0.5) is 11.5 Å². The number of nitrogens with zero attached hydrogens (tertiary/aromatic N) is 3. The van der Waals surface area contributed by atoms with Crippen LogP contribution in [0.15, 0.2) is 54.9 Å². The summed E-state index contributed by atoms with van der Waals surface area (Å²) < 4.78 is 0. The maximum atomic E-state index is 4.34. The zero-order valence-corrected chi connectivity index (χ0v) is 12.2. The first-order chi connectivity index (χ1) is 10.2. The molecule has 0 radical (unpaired) electrons. The lowest BCUT2D eigenvalue weighted by Gasteiger charge is -2.13. The molecule has 0 fully saturated rings. The molecule has 0 atom stereocenters. The molecule has 0 saturated heterocycles. The summed E-state index contributed by atoms with van der Waals surface area (Å²) >= 11 is 0. The van der Waals surface area contributed by atoms with Gasteiger partial charge in [-0.05, 0) is 29.8 Å². The zero-order valence-electron chi connectivity index (χ0n) is 12.2. The monoisotopic (exact) mass is 278 g/mol. The van der Waals surface area contributed by atoms with Gasteiger partial charge in [-0.2, -0.15) is 0 Å². The number of fused-ring (bicyclic) bond motifs is 1. The number of hydrogen-bond acceptors (Lipinski definition) is 4. The summed E-state index contributed by atoms with van der Waals surface area (Å²) in [6, 6.07) is 16.5. The lowest BCUT2D eigenvalue weighted by Crippen LogP contribution is -2.08. The molecule has 1 heterocycles. The van der Waals surface area contributed by atoms with Crippen LogP contribution in [0, 0.1) is 0 Å². The van der Waals surface area contributed by atoms with Gasteiger partial charge in [0.05, 0.1) is 5.52 Å². The summed E-state index contributed by atoms with van der Waals surface area (Å²) in [6.45, 7) is 0.745. The normalized spacial score (nSPS) is 10.6. The Morgan fingerprint density at radius 2 is 1.71 bits per heavy atom. The molecule has 4 heteroatoms. The molecule has 0 unspecified atom stereocenters. The molecule has 106 valence electrons. The van der Waals surface area contributed by atoms with E-state index in [0.717, 1.165) is 23.3 Å². The average molecular weight is 278 g/mol. The first kappa shape index (κ1) is 13.4.